The number of rotatable bonds is 7. The maximum atomic E-state index is 12.3. The van der Waals surface area contributed by atoms with Crippen molar-refractivity contribution in [1.29, 1.82) is 0 Å². The molecule has 0 bridgehead atoms. The minimum Gasteiger partial charge on any atom is -0.339 e. The fraction of sp³-hybridized carbons (Fsp3) is 0.273. The summed E-state index contributed by atoms with van der Waals surface area (Å²) in [5.41, 5.74) is 10.4. The first-order chi connectivity index (χ1) is 13.9. The van der Waals surface area contributed by atoms with Gasteiger partial charge < -0.3 is 16.4 Å². The van der Waals surface area contributed by atoms with Crippen LogP contribution in [0, 0.1) is 11.8 Å². The summed E-state index contributed by atoms with van der Waals surface area (Å²) in [6.07, 6.45) is 0. The van der Waals surface area contributed by atoms with Crippen molar-refractivity contribution in [2.24, 2.45) is 5.73 Å². The molecule has 0 radical (unpaired) electrons. The van der Waals surface area contributed by atoms with Crippen LogP contribution in [0.4, 0.5) is 0 Å². The maximum Gasteiger partial charge on any atom is 0.267 e. The molecular weight excluding hydrogens is 368 g/mol. The minimum absolute atomic E-state index is 0.361. The molecule has 2 aromatic rings. The highest BCUT2D eigenvalue weighted by atomic mass is 16.5. The minimum atomic E-state index is -1.04. The molecule has 0 fully saturated rings. The normalized spacial score (nSPS) is 12.3. The molecule has 2 aromatic carbocycles. The number of hydrogen-bond donors (Lipinski definition) is 5. The Morgan fingerprint density at radius 3 is 2.07 bits per heavy atom. The molecule has 7 heteroatoms. The summed E-state index contributed by atoms with van der Waals surface area (Å²) < 4.78 is 0. The van der Waals surface area contributed by atoms with Crippen LogP contribution >= 0.6 is 0 Å². The number of nitrogens with one attached hydrogen (secondary N) is 3. The number of nitrogens with two attached hydrogens (primary N) is 1. The molecule has 2 unspecified atom stereocenters. The van der Waals surface area contributed by atoms with E-state index >= 15 is 0 Å². The van der Waals surface area contributed by atoms with E-state index in [0.29, 0.717) is 5.56 Å². The lowest BCUT2D eigenvalue weighted by Crippen LogP contribution is -2.54. The van der Waals surface area contributed by atoms with Crippen LogP contribution in [-0.2, 0) is 11.3 Å². The van der Waals surface area contributed by atoms with Gasteiger partial charge in [0, 0.05) is 29.3 Å². The quantitative estimate of drug-likeness (QED) is 0.274. The van der Waals surface area contributed by atoms with Gasteiger partial charge in [0.15, 0.2) is 0 Å². The molecular formula is C22H26N4O3. The van der Waals surface area contributed by atoms with Gasteiger partial charge in [0.2, 0.25) is 0 Å². The molecule has 0 aliphatic heterocycles. The Kier molecular flexibility index (Phi) is 8.37. The summed E-state index contributed by atoms with van der Waals surface area (Å²) >= 11 is 0. The van der Waals surface area contributed by atoms with Crippen LogP contribution in [0.25, 0.3) is 0 Å². The van der Waals surface area contributed by atoms with Gasteiger partial charge in [-0.3, -0.25) is 14.8 Å². The molecule has 0 aliphatic carbocycles. The number of carbonyl (C=O) groups is 2. The van der Waals surface area contributed by atoms with Crippen LogP contribution in [0.5, 0.6) is 0 Å². The summed E-state index contributed by atoms with van der Waals surface area (Å²) in [5.74, 6) is 4.92. The Bertz CT molecular complexity index is 881. The predicted octanol–water partition coefficient (Wildman–Crippen LogP) is 1.15. The number of benzene rings is 2. The van der Waals surface area contributed by atoms with Crippen molar-refractivity contribution in [3.05, 3.63) is 70.8 Å². The lowest BCUT2D eigenvalue weighted by Gasteiger charge is -2.20. The van der Waals surface area contributed by atoms with Crippen LogP contribution in [0.2, 0.25) is 0 Å². The molecule has 2 rings (SSSR count). The van der Waals surface area contributed by atoms with E-state index in [0.717, 1.165) is 24.2 Å². The van der Waals surface area contributed by atoms with Crippen molar-refractivity contribution in [2.75, 3.05) is 6.54 Å². The topological polar surface area (TPSA) is 116 Å². The smallest absolute Gasteiger partial charge is 0.267 e. The molecule has 6 N–H and O–H groups in total. The van der Waals surface area contributed by atoms with Gasteiger partial charge in [-0.15, -0.1) is 0 Å². The Labute approximate surface area is 170 Å². The Balaban J connectivity index is 2.02. The Hall–Kier alpha value is -3.18. The van der Waals surface area contributed by atoms with Gasteiger partial charge in [-0.2, -0.15) is 0 Å². The van der Waals surface area contributed by atoms with Crippen LogP contribution < -0.4 is 21.8 Å². The average Bonchev–Trinajstić information content (AvgIpc) is 2.74. The summed E-state index contributed by atoms with van der Waals surface area (Å²) in [5, 5.41) is 14.5. The van der Waals surface area contributed by atoms with Crippen molar-refractivity contribution in [2.45, 2.75) is 32.5 Å². The third kappa shape index (κ3) is 6.73. The maximum absolute atomic E-state index is 12.3. The number of hydrogen-bond acceptors (Lipinski definition) is 5. The number of carbonyl (C=O) groups excluding carboxylic acids is 2. The molecule has 0 heterocycles. The van der Waals surface area contributed by atoms with E-state index in [1.165, 1.54) is 11.0 Å². The van der Waals surface area contributed by atoms with Gasteiger partial charge in [0.25, 0.3) is 11.8 Å². The number of amides is 2. The van der Waals surface area contributed by atoms with E-state index in [4.69, 9.17) is 10.9 Å². The van der Waals surface area contributed by atoms with E-state index in [9.17, 15) is 9.59 Å². The molecule has 2 atom stereocenters. The largest absolute Gasteiger partial charge is 0.339 e. The van der Waals surface area contributed by atoms with Gasteiger partial charge in [-0.25, -0.2) is 5.48 Å². The van der Waals surface area contributed by atoms with Crippen LogP contribution in [0.15, 0.2) is 48.5 Å². The lowest BCUT2D eigenvalue weighted by molar-refractivity contribution is -0.131. The monoisotopic (exact) mass is 394 g/mol. The average molecular weight is 394 g/mol. The Morgan fingerprint density at radius 2 is 1.59 bits per heavy atom. The lowest BCUT2D eigenvalue weighted by atomic mass is 10.1. The van der Waals surface area contributed by atoms with E-state index in [1.54, 1.807) is 31.2 Å². The summed E-state index contributed by atoms with van der Waals surface area (Å²) in [7, 11) is 0. The third-order valence-electron chi connectivity index (χ3n) is 4.24. The zero-order chi connectivity index (χ0) is 21.2. The standard InChI is InChI=1S/C22H26N4O3/c1-3-24-14-18-8-6-16(7-9-18)4-5-17-10-12-19(13-11-17)21(27)25-20(15(2)23)22(28)26-29/h6-13,15,20,24,29H,3,14,23H2,1-2H3,(H,25,27)(H,26,28). The third-order valence-corrected chi connectivity index (χ3v) is 4.24. The first-order valence-corrected chi connectivity index (χ1v) is 9.36. The predicted molar refractivity (Wildman–Crippen MR) is 111 cm³/mol. The van der Waals surface area contributed by atoms with Crippen molar-refractivity contribution in [3.63, 3.8) is 0 Å². The van der Waals surface area contributed by atoms with Gasteiger partial charge in [0.05, 0.1) is 0 Å². The Morgan fingerprint density at radius 1 is 1.03 bits per heavy atom. The van der Waals surface area contributed by atoms with E-state index in [-0.39, 0.29) is 0 Å². The highest BCUT2D eigenvalue weighted by Gasteiger charge is 2.24. The van der Waals surface area contributed by atoms with Crippen LogP contribution in [0.1, 0.15) is 40.9 Å². The fourth-order valence-corrected chi connectivity index (χ4v) is 2.55. The van der Waals surface area contributed by atoms with Gasteiger partial charge in [-0.1, -0.05) is 30.9 Å². The van der Waals surface area contributed by atoms with Crippen molar-refractivity contribution in [3.8, 4) is 11.8 Å². The molecule has 0 saturated carbocycles. The molecule has 29 heavy (non-hydrogen) atoms. The van der Waals surface area contributed by atoms with Crippen molar-refractivity contribution < 1.29 is 14.8 Å². The molecule has 2 amide bonds. The highest BCUT2D eigenvalue weighted by Crippen LogP contribution is 2.06. The van der Waals surface area contributed by atoms with Gasteiger partial charge in [-0.05, 0) is 55.4 Å². The second-order valence-corrected chi connectivity index (χ2v) is 6.59. The summed E-state index contributed by atoms with van der Waals surface area (Å²) in [6, 6.07) is 13.0. The molecule has 152 valence electrons. The first kappa shape index (κ1) is 22.1. The molecule has 0 aromatic heterocycles. The van der Waals surface area contributed by atoms with Crippen molar-refractivity contribution >= 4 is 11.8 Å². The van der Waals surface area contributed by atoms with Crippen molar-refractivity contribution in [1.82, 2.24) is 16.1 Å². The fourth-order valence-electron chi connectivity index (χ4n) is 2.55. The summed E-state index contributed by atoms with van der Waals surface area (Å²) in [6.45, 7) is 5.39. The molecule has 0 spiro atoms. The highest BCUT2D eigenvalue weighted by molar-refractivity contribution is 5.97. The van der Waals surface area contributed by atoms with Crippen LogP contribution in [0.3, 0.4) is 0 Å². The van der Waals surface area contributed by atoms with Gasteiger partial charge >= 0.3 is 0 Å². The zero-order valence-electron chi connectivity index (χ0n) is 16.5. The van der Waals surface area contributed by atoms with E-state index < -0.39 is 23.9 Å². The van der Waals surface area contributed by atoms with E-state index in [2.05, 4.69) is 29.4 Å². The summed E-state index contributed by atoms with van der Waals surface area (Å²) in [4.78, 5) is 23.9. The SMILES string of the molecule is CCNCc1ccc(C#Cc2ccc(C(=O)NC(C(=O)NO)C(C)N)cc2)cc1. The first-order valence-electron chi connectivity index (χ1n) is 9.36. The molecule has 0 aliphatic rings. The molecule has 0 saturated heterocycles. The zero-order valence-corrected chi connectivity index (χ0v) is 16.5. The second-order valence-electron chi connectivity index (χ2n) is 6.59. The van der Waals surface area contributed by atoms with E-state index in [1.807, 2.05) is 24.3 Å². The van der Waals surface area contributed by atoms with Gasteiger partial charge in [0.1, 0.15) is 6.04 Å². The number of hydroxylamine groups is 1. The second kappa shape index (κ2) is 11.0. The molecule has 7 nitrogen and oxygen atoms in total. The van der Waals surface area contributed by atoms with Crippen LogP contribution in [-0.4, -0.2) is 35.7 Å².